The van der Waals surface area contributed by atoms with Crippen LogP contribution in [0.1, 0.15) is 17.5 Å². The molecule has 0 fully saturated rings. The summed E-state index contributed by atoms with van der Waals surface area (Å²) >= 11 is 0. The van der Waals surface area contributed by atoms with Gasteiger partial charge >= 0.3 is 0 Å². The van der Waals surface area contributed by atoms with Crippen molar-refractivity contribution in [2.45, 2.75) is 19.4 Å². The van der Waals surface area contributed by atoms with E-state index in [1.165, 1.54) is 12.1 Å². The number of amides is 1. The fourth-order valence-corrected chi connectivity index (χ4v) is 3.09. The Morgan fingerprint density at radius 3 is 2.78 bits per heavy atom. The average molecular weight is 362 g/mol. The first-order valence-corrected chi connectivity index (χ1v) is 8.80. The number of fused-ring (bicyclic) bond motifs is 1. The highest BCUT2D eigenvalue weighted by Crippen LogP contribution is 2.19. The zero-order chi connectivity index (χ0) is 18.6. The highest BCUT2D eigenvalue weighted by atomic mass is 19.1. The van der Waals surface area contributed by atoms with Gasteiger partial charge in [-0.05, 0) is 35.7 Å². The van der Waals surface area contributed by atoms with Gasteiger partial charge in [0, 0.05) is 35.8 Å². The van der Waals surface area contributed by atoms with Gasteiger partial charge in [0.15, 0.2) is 5.82 Å². The highest BCUT2D eigenvalue weighted by Gasteiger charge is 2.09. The number of benzene rings is 2. The number of carbonyl (C=O) groups is 1. The largest absolute Gasteiger partial charge is 0.361 e. The van der Waals surface area contributed by atoms with Crippen molar-refractivity contribution in [2.75, 3.05) is 5.32 Å². The SMILES string of the molecule is O=C(CCc1c[nH]c2ccccc12)Nc1ccn(Cc2ccc(F)cc2)n1. The predicted octanol–water partition coefficient (Wildman–Crippen LogP) is 4.12. The zero-order valence-corrected chi connectivity index (χ0v) is 14.7. The van der Waals surface area contributed by atoms with Crippen molar-refractivity contribution in [3.63, 3.8) is 0 Å². The molecule has 2 aromatic carbocycles. The van der Waals surface area contributed by atoms with Crippen molar-refractivity contribution in [3.8, 4) is 0 Å². The lowest BCUT2D eigenvalue weighted by Gasteiger charge is -2.03. The van der Waals surface area contributed by atoms with Crippen molar-refractivity contribution in [2.24, 2.45) is 0 Å². The number of para-hydroxylation sites is 1. The molecule has 0 aliphatic rings. The van der Waals surface area contributed by atoms with Gasteiger partial charge in [-0.1, -0.05) is 30.3 Å². The molecule has 5 nitrogen and oxygen atoms in total. The lowest BCUT2D eigenvalue weighted by molar-refractivity contribution is -0.116. The van der Waals surface area contributed by atoms with Crippen molar-refractivity contribution in [1.29, 1.82) is 0 Å². The van der Waals surface area contributed by atoms with Crippen LogP contribution in [-0.4, -0.2) is 20.7 Å². The second-order valence-electron chi connectivity index (χ2n) is 6.43. The van der Waals surface area contributed by atoms with Crippen LogP contribution in [0.25, 0.3) is 10.9 Å². The first-order valence-electron chi connectivity index (χ1n) is 8.80. The number of H-pyrrole nitrogens is 1. The maximum Gasteiger partial charge on any atom is 0.225 e. The van der Waals surface area contributed by atoms with Gasteiger partial charge in [0.25, 0.3) is 0 Å². The molecule has 4 rings (SSSR count). The molecule has 0 spiro atoms. The fraction of sp³-hybridized carbons (Fsp3) is 0.143. The topological polar surface area (TPSA) is 62.7 Å². The van der Waals surface area contributed by atoms with Crippen molar-refractivity contribution < 1.29 is 9.18 Å². The number of aromatic nitrogens is 3. The first kappa shape index (κ1) is 17.0. The van der Waals surface area contributed by atoms with Crippen molar-refractivity contribution in [3.05, 3.63) is 83.9 Å². The highest BCUT2D eigenvalue weighted by molar-refractivity contribution is 5.90. The molecule has 4 aromatic rings. The number of rotatable bonds is 6. The number of carbonyl (C=O) groups excluding carboxylic acids is 1. The maximum atomic E-state index is 13.0. The minimum absolute atomic E-state index is 0.0766. The molecule has 1 amide bonds. The summed E-state index contributed by atoms with van der Waals surface area (Å²) in [5.74, 6) is 0.177. The number of aryl methyl sites for hydroxylation is 1. The normalized spacial score (nSPS) is 11.0. The molecule has 136 valence electrons. The number of halogens is 1. The molecule has 0 unspecified atom stereocenters. The van der Waals surface area contributed by atoms with E-state index in [-0.39, 0.29) is 11.7 Å². The average Bonchev–Trinajstić information content (AvgIpc) is 3.29. The molecule has 2 aromatic heterocycles. The van der Waals surface area contributed by atoms with E-state index in [1.807, 2.05) is 24.4 Å². The van der Waals surface area contributed by atoms with Gasteiger partial charge in [-0.25, -0.2) is 4.39 Å². The molecular weight excluding hydrogens is 343 g/mol. The second-order valence-corrected chi connectivity index (χ2v) is 6.43. The third-order valence-corrected chi connectivity index (χ3v) is 4.46. The summed E-state index contributed by atoms with van der Waals surface area (Å²) in [5, 5.41) is 8.32. The van der Waals surface area contributed by atoms with E-state index < -0.39 is 0 Å². The molecular formula is C21H19FN4O. The summed E-state index contributed by atoms with van der Waals surface area (Å²) in [6.07, 6.45) is 4.78. The summed E-state index contributed by atoms with van der Waals surface area (Å²) in [4.78, 5) is 15.5. The van der Waals surface area contributed by atoms with Gasteiger partial charge in [-0.2, -0.15) is 5.10 Å². The fourth-order valence-electron chi connectivity index (χ4n) is 3.09. The van der Waals surface area contributed by atoms with Crippen LogP contribution in [0.4, 0.5) is 10.2 Å². The minimum atomic E-state index is -0.262. The first-order chi connectivity index (χ1) is 13.2. The van der Waals surface area contributed by atoms with E-state index in [0.29, 0.717) is 25.2 Å². The van der Waals surface area contributed by atoms with Crippen LogP contribution in [0.2, 0.25) is 0 Å². The van der Waals surface area contributed by atoms with E-state index in [1.54, 1.807) is 29.1 Å². The Morgan fingerprint density at radius 2 is 1.93 bits per heavy atom. The smallest absolute Gasteiger partial charge is 0.225 e. The van der Waals surface area contributed by atoms with Crippen LogP contribution in [-0.2, 0) is 17.8 Å². The molecule has 6 heteroatoms. The Bertz CT molecular complexity index is 1070. The van der Waals surface area contributed by atoms with Gasteiger partial charge in [-0.15, -0.1) is 0 Å². The zero-order valence-electron chi connectivity index (χ0n) is 14.7. The lowest BCUT2D eigenvalue weighted by atomic mass is 10.1. The van der Waals surface area contributed by atoms with E-state index in [9.17, 15) is 9.18 Å². The Morgan fingerprint density at radius 1 is 1.11 bits per heavy atom. The number of hydrogen-bond donors (Lipinski definition) is 2. The number of nitrogens with one attached hydrogen (secondary N) is 2. The van der Waals surface area contributed by atoms with Gasteiger partial charge in [0.05, 0.1) is 6.54 Å². The molecule has 27 heavy (non-hydrogen) atoms. The summed E-state index contributed by atoms with van der Waals surface area (Å²) in [6, 6.07) is 16.1. The molecule has 2 N–H and O–H groups in total. The van der Waals surface area contributed by atoms with Crippen LogP contribution in [0.3, 0.4) is 0 Å². The number of hydrogen-bond acceptors (Lipinski definition) is 2. The Balaban J connectivity index is 1.33. The molecule has 0 saturated carbocycles. The van der Waals surface area contributed by atoms with Crippen molar-refractivity contribution >= 4 is 22.6 Å². The maximum absolute atomic E-state index is 13.0. The minimum Gasteiger partial charge on any atom is -0.361 e. The summed E-state index contributed by atoms with van der Waals surface area (Å²) in [7, 11) is 0. The third kappa shape index (κ3) is 4.06. The molecule has 2 heterocycles. The standard InChI is InChI=1S/C21H19FN4O/c22-17-8-5-15(6-9-17)14-26-12-11-20(25-26)24-21(27)10-7-16-13-23-19-4-2-1-3-18(16)19/h1-6,8-9,11-13,23H,7,10,14H2,(H,24,25,27). The lowest BCUT2D eigenvalue weighted by Crippen LogP contribution is -2.13. The van der Waals surface area contributed by atoms with Crippen molar-refractivity contribution in [1.82, 2.24) is 14.8 Å². The second kappa shape index (κ2) is 7.45. The van der Waals surface area contributed by atoms with Crippen LogP contribution < -0.4 is 5.32 Å². The van der Waals surface area contributed by atoms with Gasteiger partial charge < -0.3 is 10.3 Å². The monoisotopic (exact) mass is 362 g/mol. The van der Waals surface area contributed by atoms with Crippen LogP contribution in [0.5, 0.6) is 0 Å². The van der Waals surface area contributed by atoms with Crippen LogP contribution in [0.15, 0.2) is 67.0 Å². The third-order valence-electron chi connectivity index (χ3n) is 4.46. The number of aromatic amines is 1. The van der Waals surface area contributed by atoms with Gasteiger partial charge in [0.2, 0.25) is 5.91 Å². The predicted molar refractivity (Wildman–Crippen MR) is 103 cm³/mol. The number of nitrogens with zero attached hydrogens (tertiary/aromatic N) is 2. The Kier molecular flexibility index (Phi) is 4.70. The van der Waals surface area contributed by atoms with Crippen LogP contribution in [0, 0.1) is 5.82 Å². The molecule has 0 saturated heterocycles. The van der Waals surface area contributed by atoms with E-state index >= 15 is 0 Å². The van der Waals surface area contributed by atoms with E-state index in [4.69, 9.17) is 0 Å². The molecule has 0 bridgehead atoms. The Labute approximate surface area is 155 Å². The van der Waals surface area contributed by atoms with Gasteiger partial charge in [0.1, 0.15) is 5.82 Å². The van der Waals surface area contributed by atoms with Crippen LogP contribution >= 0.6 is 0 Å². The molecule has 0 atom stereocenters. The summed E-state index contributed by atoms with van der Waals surface area (Å²) in [5.41, 5.74) is 3.15. The number of anilines is 1. The molecule has 0 aliphatic carbocycles. The Hall–Kier alpha value is -3.41. The van der Waals surface area contributed by atoms with E-state index in [0.717, 1.165) is 22.0 Å². The molecule has 0 radical (unpaired) electrons. The van der Waals surface area contributed by atoms with E-state index in [2.05, 4.69) is 21.5 Å². The quantitative estimate of drug-likeness (QED) is 0.542. The summed E-state index contributed by atoms with van der Waals surface area (Å²) in [6.45, 7) is 0.519. The summed E-state index contributed by atoms with van der Waals surface area (Å²) < 4.78 is 14.7. The van der Waals surface area contributed by atoms with Gasteiger partial charge in [-0.3, -0.25) is 9.48 Å². The molecule has 0 aliphatic heterocycles.